The van der Waals surface area contributed by atoms with Crippen molar-refractivity contribution in [1.29, 1.82) is 0 Å². The maximum Gasteiger partial charge on any atom is 0.304 e. The van der Waals surface area contributed by atoms with Gasteiger partial charge < -0.3 is 10.0 Å². The molecule has 0 spiro atoms. The number of carbonyl (C=O) groups is 2. The molecular formula is C14H18N2O5S. The van der Waals surface area contributed by atoms with Crippen molar-refractivity contribution in [3.8, 4) is 0 Å². The standard InChI is InChI=1S/C14H18N2O5S/c1-10(17)16-8-2-3-11-4-5-12(9-13(11)16)22(20,21)15-7-6-14(18)19/h4-5,9,15H,2-3,6-8H2,1H3,(H,18,19). The molecule has 1 aliphatic rings. The smallest absolute Gasteiger partial charge is 0.304 e. The molecule has 0 saturated carbocycles. The molecule has 1 aromatic rings. The summed E-state index contributed by atoms with van der Waals surface area (Å²) < 4.78 is 26.6. The molecule has 22 heavy (non-hydrogen) atoms. The minimum atomic E-state index is -3.79. The van der Waals surface area contributed by atoms with Gasteiger partial charge in [-0.15, -0.1) is 0 Å². The van der Waals surface area contributed by atoms with E-state index in [1.807, 2.05) is 0 Å². The fraction of sp³-hybridized carbons (Fsp3) is 0.429. The highest BCUT2D eigenvalue weighted by Gasteiger charge is 2.23. The number of nitrogens with zero attached hydrogens (tertiary/aromatic N) is 1. The van der Waals surface area contributed by atoms with Gasteiger partial charge in [-0.25, -0.2) is 13.1 Å². The van der Waals surface area contributed by atoms with Crippen LogP contribution in [0.1, 0.15) is 25.3 Å². The summed E-state index contributed by atoms with van der Waals surface area (Å²) in [7, 11) is -3.79. The van der Waals surface area contributed by atoms with Gasteiger partial charge in [0.15, 0.2) is 0 Å². The Hall–Kier alpha value is -1.93. The molecule has 2 N–H and O–H groups in total. The van der Waals surface area contributed by atoms with Gasteiger partial charge in [-0.1, -0.05) is 6.07 Å². The number of nitrogens with one attached hydrogen (secondary N) is 1. The van der Waals surface area contributed by atoms with Crippen LogP contribution in [-0.2, 0) is 26.0 Å². The first-order valence-electron chi connectivity index (χ1n) is 6.94. The van der Waals surface area contributed by atoms with Crippen LogP contribution in [0.25, 0.3) is 0 Å². The van der Waals surface area contributed by atoms with Gasteiger partial charge in [0.2, 0.25) is 15.9 Å². The number of carbonyl (C=O) groups excluding carboxylic acids is 1. The fourth-order valence-electron chi connectivity index (χ4n) is 2.42. The molecule has 0 radical (unpaired) electrons. The highest BCUT2D eigenvalue weighted by atomic mass is 32.2. The Bertz CT molecular complexity index is 699. The van der Waals surface area contributed by atoms with Crippen LogP contribution in [0.3, 0.4) is 0 Å². The molecule has 1 aliphatic heterocycles. The summed E-state index contributed by atoms with van der Waals surface area (Å²) in [6.07, 6.45) is 1.35. The van der Waals surface area contributed by atoms with Gasteiger partial charge in [-0.05, 0) is 30.5 Å². The van der Waals surface area contributed by atoms with E-state index in [0.29, 0.717) is 12.2 Å². The molecule has 0 unspecified atom stereocenters. The van der Waals surface area contributed by atoms with Crippen LogP contribution in [0.15, 0.2) is 23.1 Å². The average Bonchev–Trinajstić information content (AvgIpc) is 2.45. The summed E-state index contributed by atoms with van der Waals surface area (Å²) in [4.78, 5) is 23.7. The minimum Gasteiger partial charge on any atom is -0.481 e. The Morgan fingerprint density at radius 2 is 2.09 bits per heavy atom. The fourth-order valence-corrected chi connectivity index (χ4v) is 3.48. The van der Waals surface area contributed by atoms with E-state index in [-0.39, 0.29) is 23.8 Å². The molecule has 1 heterocycles. The van der Waals surface area contributed by atoms with E-state index in [4.69, 9.17) is 5.11 Å². The number of aliphatic carboxylic acids is 1. The highest BCUT2D eigenvalue weighted by Crippen LogP contribution is 2.29. The predicted molar refractivity (Wildman–Crippen MR) is 80.2 cm³/mol. The second-order valence-electron chi connectivity index (χ2n) is 5.11. The van der Waals surface area contributed by atoms with Crippen molar-refractivity contribution in [3.05, 3.63) is 23.8 Å². The average molecular weight is 326 g/mol. The molecule has 1 aromatic carbocycles. The summed E-state index contributed by atoms with van der Waals surface area (Å²) in [5, 5.41) is 8.56. The molecule has 120 valence electrons. The maximum absolute atomic E-state index is 12.2. The number of aryl methyl sites for hydroxylation is 1. The molecule has 0 saturated heterocycles. The van der Waals surface area contributed by atoms with E-state index in [9.17, 15) is 18.0 Å². The third kappa shape index (κ3) is 3.63. The van der Waals surface area contributed by atoms with E-state index >= 15 is 0 Å². The molecule has 0 aromatic heterocycles. The lowest BCUT2D eigenvalue weighted by Gasteiger charge is -2.29. The summed E-state index contributed by atoms with van der Waals surface area (Å²) in [6, 6.07) is 4.65. The number of amides is 1. The molecule has 0 atom stereocenters. The van der Waals surface area contributed by atoms with Crippen molar-refractivity contribution in [2.75, 3.05) is 18.0 Å². The number of hydrogen-bond acceptors (Lipinski definition) is 4. The third-order valence-electron chi connectivity index (χ3n) is 3.50. The highest BCUT2D eigenvalue weighted by molar-refractivity contribution is 7.89. The number of fused-ring (bicyclic) bond motifs is 1. The van der Waals surface area contributed by atoms with Crippen molar-refractivity contribution in [2.24, 2.45) is 0 Å². The van der Waals surface area contributed by atoms with Crippen LogP contribution < -0.4 is 9.62 Å². The van der Waals surface area contributed by atoms with E-state index < -0.39 is 16.0 Å². The minimum absolute atomic E-state index is 0.0322. The summed E-state index contributed by atoms with van der Waals surface area (Å²) in [5.74, 6) is -1.20. The van der Waals surface area contributed by atoms with Gasteiger partial charge in [-0.2, -0.15) is 0 Å². The van der Waals surface area contributed by atoms with Gasteiger partial charge in [0.05, 0.1) is 11.3 Å². The van der Waals surface area contributed by atoms with E-state index in [1.54, 1.807) is 11.0 Å². The lowest BCUT2D eigenvalue weighted by atomic mass is 10.0. The first kappa shape index (κ1) is 16.4. The monoisotopic (exact) mass is 326 g/mol. The summed E-state index contributed by atoms with van der Waals surface area (Å²) in [5.41, 5.74) is 1.55. The number of hydrogen-bond donors (Lipinski definition) is 2. The van der Waals surface area contributed by atoms with Crippen LogP contribution in [0.4, 0.5) is 5.69 Å². The maximum atomic E-state index is 12.2. The van der Waals surface area contributed by atoms with Gasteiger partial charge in [0.25, 0.3) is 0 Å². The van der Waals surface area contributed by atoms with Crippen LogP contribution in [0.2, 0.25) is 0 Å². The van der Waals surface area contributed by atoms with Crippen LogP contribution in [0, 0.1) is 0 Å². The topological polar surface area (TPSA) is 104 Å². The SMILES string of the molecule is CC(=O)N1CCCc2ccc(S(=O)(=O)NCCC(=O)O)cc21. The van der Waals surface area contributed by atoms with E-state index in [0.717, 1.165) is 18.4 Å². The van der Waals surface area contributed by atoms with Crippen molar-refractivity contribution < 1.29 is 23.1 Å². The Morgan fingerprint density at radius 3 is 2.73 bits per heavy atom. The van der Waals surface area contributed by atoms with Crippen molar-refractivity contribution in [1.82, 2.24) is 4.72 Å². The zero-order valence-corrected chi connectivity index (χ0v) is 13.0. The third-order valence-corrected chi connectivity index (χ3v) is 4.96. The summed E-state index contributed by atoms with van der Waals surface area (Å²) in [6.45, 7) is 1.84. The lowest BCUT2D eigenvalue weighted by molar-refractivity contribution is -0.136. The molecule has 8 heteroatoms. The molecular weight excluding hydrogens is 308 g/mol. The Labute approximate surface area is 129 Å². The Morgan fingerprint density at radius 1 is 1.36 bits per heavy atom. The molecule has 0 bridgehead atoms. The molecule has 2 rings (SSSR count). The van der Waals surface area contributed by atoms with Gasteiger partial charge in [-0.3, -0.25) is 9.59 Å². The molecule has 1 amide bonds. The molecule has 0 fully saturated rings. The zero-order chi connectivity index (χ0) is 16.3. The summed E-state index contributed by atoms with van der Waals surface area (Å²) >= 11 is 0. The largest absolute Gasteiger partial charge is 0.481 e. The van der Waals surface area contributed by atoms with Crippen LogP contribution in [-0.4, -0.2) is 38.5 Å². The molecule has 7 nitrogen and oxygen atoms in total. The van der Waals surface area contributed by atoms with Crippen LogP contribution in [0.5, 0.6) is 0 Å². The van der Waals surface area contributed by atoms with Crippen molar-refractivity contribution in [2.45, 2.75) is 31.1 Å². The first-order chi connectivity index (χ1) is 10.3. The van der Waals surface area contributed by atoms with Gasteiger partial charge in [0, 0.05) is 25.7 Å². The zero-order valence-electron chi connectivity index (χ0n) is 12.2. The normalized spacial score (nSPS) is 14.5. The number of sulfonamides is 1. The van der Waals surface area contributed by atoms with Gasteiger partial charge in [0.1, 0.15) is 0 Å². The number of benzene rings is 1. The second kappa shape index (κ2) is 6.45. The van der Waals surface area contributed by atoms with Gasteiger partial charge >= 0.3 is 5.97 Å². The Kier molecular flexibility index (Phi) is 4.82. The first-order valence-corrected chi connectivity index (χ1v) is 8.42. The van der Waals surface area contributed by atoms with Crippen molar-refractivity contribution in [3.63, 3.8) is 0 Å². The number of carboxylic acids is 1. The number of rotatable bonds is 5. The second-order valence-corrected chi connectivity index (χ2v) is 6.87. The van der Waals surface area contributed by atoms with Crippen LogP contribution >= 0.6 is 0 Å². The number of anilines is 1. The lowest BCUT2D eigenvalue weighted by Crippen LogP contribution is -2.34. The van der Waals surface area contributed by atoms with E-state index in [1.165, 1.54) is 19.1 Å². The predicted octanol–water partition coefficient (Wildman–Crippen LogP) is 0.739. The molecule has 0 aliphatic carbocycles. The van der Waals surface area contributed by atoms with Crippen molar-refractivity contribution >= 4 is 27.6 Å². The quantitative estimate of drug-likeness (QED) is 0.830. The van der Waals surface area contributed by atoms with E-state index in [2.05, 4.69) is 4.72 Å². The number of carboxylic acid groups (broad SMARTS) is 1. The Balaban J connectivity index is 2.27.